The van der Waals surface area contributed by atoms with E-state index in [1.807, 2.05) is 47.4 Å². The standard InChI is InChI=1S/C23H25N3O2/c1-16(2)17-10-12-18(13-11-17)21-24-22(28-25-21)20-9-6-14-26(15-20)23(27)19-7-4-3-5-8-19/h3-5,7-8,10-13,16,20H,6,9,14-15H2,1-2H3/t20-/m1/s1. The van der Waals surface area contributed by atoms with Crippen LogP contribution < -0.4 is 0 Å². The first-order chi connectivity index (χ1) is 13.6. The van der Waals surface area contributed by atoms with Crippen LogP contribution in [0.2, 0.25) is 0 Å². The van der Waals surface area contributed by atoms with E-state index in [2.05, 4.69) is 36.1 Å². The van der Waals surface area contributed by atoms with Gasteiger partial charge in [0.2, 0.25) is 11.7 Å². The molecule has 0 unspecified atom stereocenters. The van der Waals surface area contributed by atoms with Crippen LogP contribution in [0.3, 0.4) is 0 Å². The normalized spacial score (nSPS) is 17.1. The summed E-state index contributed by atoms with van der Waals surface area (Å²) in [5.41, 5.74) is 2.96. The summed E-state index contributed by atoms with van der Waals surface area (Å²) in [5.74, 6) is 1.86. The van der Waals surface area contributed by atoms with Gasteiger partial charge in [0.15, 0.2) is 0 Å². The fraction of sp³-hybridized carbons (Fsp3) is 0.348. The van der Waals surface area contributed by atoms with Gasteiger partial charge in [0.05, 0.1) is 5.92 Å². The highest BCUT2D eigenvalue weighted by molar-refractivity contribution is 5.94. The molecule has 5 nitrogen and oxygen atoms in total. The van der Waals surface area contributed by atoms with Gasteiger partial charge in [-0.05, 0) is 36.5 Å². The van der Waals surface area contributed by atoms with Crippen LogP contribution in [0.4, 0.5) is 0 Å². The van der Waals surface area contributed by atoms with E-state index in [1.165, 1.54) is 5.56 Å². The summed E-state index contributed by atoms with van der Waals surface area (Å²) >= 11 is 0. The van der Waals surface area contributed by atoms with Crippen molar-refractivity contribution in [2.45, 2.75) is 38.5 Å². The number of benzene rings is 2. The van der Waals surface area contributed by atoms with E-state index in [0.717, 1.165) is 30.5 Å². The number of piperidine rings is 1. The number of rotatable bonds is 4. The van der Waals surface area contributed by atoms with E-state index in [0.29, 0.717) is 24.2 Å². The van der Waals surface area contributed by atoms with Crippen molar-refractivity contribution in [3.05, 3.63) is 71.6 Å². The maximum absolute atomic E-state index is 12.7. The van der Waals surface area contributed by atoms with Crippen molar-refractivity contribution in [1.29, 1.82) is 0 Å². The number of aromatic nitrogens is 2. The largest absolute Gasteiger partial charge is 0.339 e. The molecule has 144 valence electrons. The third-order valence-corrected chi connectivity index (χ3v) is 5.36. The second-order valence-corrected chi connectivity index (χ2v) is 7.69. The summed E-state index contributed by atoms with van der Waals surface area (Å²) in [6.07, 6.45) is 1.89. The van der Waals surface area contributed by atoms with Crippen LogP contribution in [0, 0.1) is 0 Å². The Bertz CT molecular complexity index is 932. The van der Waals surface area contributed by atoms with E-state index < -0.39 is 0 Å². The molecule has 0 bridgehead atoms. The van der Waals surface area contributed by atoms with Crippen LogP contribution >= 0.6 is 0 Å². The van der Waals surface area contributed by atoms with Crippen molar-refractivity contribution >= 4 is 5.91 Å². The SMILES string of the molecule is CC(C)c1ccc(-c2noc([C@@H]3CCCN(C(=O)c4ccccc4)C3)n2)cc1. The maximum Gasteiger partial charge on any atom is 0.253 e. The molecule has 1 fully saturated rings. The summed E-state index contributed by atoms with van der Waals surface area (Å²) in [4.78, 5) is 19.3. The van der Waals surface area contributed by atoms with Crippen LogP contribution in [0.15, 0.2) is 59.1 Å². The first-order valence-corrected chi connectivity index (χ1v) is 9.90. The predicted octanol–water partition coefficient (Wildman–Crippen LogP) is 4.88. The predicted molar refractivity (Wildman–Crippen MR) is 108 cm³/mol. The van der Waals surface area contributed by atoms with Gasteiger partial charge in [-0.15, -0.1) is 0 Å². The minimum atomic E-state index is 0.0642. The molecule has 1 aromatic heterocycles. The third kappa shape index (κ3) is 3.84. The second kappa shape index (κ2) is 7.97. The van der Waals surface area contributed by atoms with Gasteiger partial charge in [-0.3, -0.25) is 4.79 Å². The number of amides is 1. The topological polar surface area (TPSA) is 59.2 Å². The number of nitrogens with zero attached hydrogens (tertiary/aromatic N) is 3. The first kappa shape index (κ1) is 18.4. The molecule has 4 rings (SSSR count). The number of hydrogen-bond donors (Lipinski definition) is 0. The number of likely N-dealkylation sites (tertiary alicyclic amines) is 1. The molecular weight excluding hydrogens is 350 g/mol. The molecule has 1 atom stereocenters. The van der Waals surface area contributed by atoms with Crippen LogP contribution in [0.5, 0.6) is 0 Å². The highest BCUT2D eigenvalue weighted by Crippen LogP contribution is 2.29. The monoisotopic (exact) mass is 375 g/mol. The Labute approximate surface area is 165 Å². The molecule has 0 saturated carbocycles. The Balaban J connectivity index is 1.48. The van der Waals surface area contributed by atoms with Gasteiger partial charge >= 0.3 is 0 Å². The smallest absolute Gasteiger partial charge is 0.253 e. The molecule has 2 heterocycles. The minimum absolute atomic E-state index is 0.0642. The van der Waals surface area contributed by atoms with Crippen molar-refractivity contribution in [2.24, 2.45) is 0 Å². The molecule has 1 aliphatic heterocycles. The Morgan fingerprint density at radius 3 is 2.57 bits per heavy atom. The van der Waals surface area contributed by atoms with Crippen molar-refractivity contribution in [1.82, 2.24) is 15.0 Å². The average molecular weight is 375 g/mol. The molecule has 0 N–H and O–H groups in total. The Morgan fingerprint density at radius 2 is 1.86 bits per heavy atom. The van der Waals surface area contributed by atoms with Crippen molar-refractivity contribution in [3.63, 3.8) is 0 Å². The van der Waals surface area contributed by atoms with E-state index in [-0.39, 0.29) is 11.8 Å². The van der Waals surface area contributed by atoms with Crippen LogP contribution in [0.25, 0.3) is 11.4 Å². The molecule has 1 saturated heterocycles. The summed E-state index contributed by atoms with van der Waals surface area (Å²) < 4.78 is 5.57. The van der Waals surface area contributed by atoms with Gasteiger partial charge in [0.25, 0.3) is 5.91 Å². The summed E-state index contributed by atoms with van der Waals surface area (Å²) in [6.45, 7) is 5.73. The average Bonchev–Trinajstić information content (AvgIpc) is 3.24. The maximum atomic E-state index is 12.7. The molecule has 0 radical (unpaired) electrons. The van der Waals surface area contributed by atoms with E-state index in [9.17, 15) is 4.79 Å². The van der Waals surface area contributed by atoms with Crippen molar-refractivity contribution < 1.29 is 9.32 Å². The zero-order valence-electron chi connectivity index (χ0n) is 16.3. The van der Waals surface area contributed by atoms with Gasteiger partial charge < -0.3 is 9.42 Å². The van der Waals surface area contributed by atoms with E-state index in [1.54, 1.807) is 0 Å². The second-order valence-electron chi connectivity index (χ2n) is 7.69. The van der Waals surface area contributed by atoms with Crippen LogP contribution in [0.1, 0.15) is 60.3 Å². The highest BCUT2D eigenvalue weighted by atomic mass is 16.5. The Kier molecular flexibility index (Phi) is 5.24. The lowest BCUT2D eigenvalue weighted by Gasteiger charge is -2.31. The van der Waals surface area contributed by atoms with Gasteiger partial charge in [0.1, 0.15) is 0 Å². The van der Waals surface area contributed by atoms with E-state index >= 15 is 0 Å². The number of carbonyl (C=O) groups excluding carboxylic acids is 1. The molecule has 1 aliphatic rings. The van der Waals surface area contributed by atoms with Crippen LogP contribution in [-0.4, -0.2) is 34.0 Å². The Morgan fingerprint density at radius 1 is 1.11 bits per heavy atom. The molecule has 0 aliphatic carbocycles. The lowest BCUT2D eigenvalue weighted by atomic mass is 9.97. The van der Waals surface area contributed by atoms with Crippen molar-refractivity contribution in [3.8, 4) is 11.4 Å². The quantitative estimate of drug-likeness (QED) is 0.652. The summed E-state index contributed by atoms with van der Waals surface area (Å²) in [7, 11) is 0. The molecule has 5 heteroatoms. The molecule has 2 aromatic carbocycles. The van der Waals surface area contributed by atoms with Crippen LogP contribution in [-0.2, 0) is 0 Å². The Hall–Kier alpha value is -2.95. The lowest BCUT2D eigenvalue weighted by molar-refractivity contribution is 0.0695. The van der Waals surface area contributed by atoms with Gasteiger partial charge in [-0.2, -0.15) is 4.98 Å². The van der Waals surface area contributed by atoms with Crippen molar-refractivity contribution in [2.75, 3.05) is 13.1 Å². The number of hydrogen-bond acceptors (Lipinski definition) is 4. The van der Waals surface area contributed by atoms with E-state index in [4.69, 9.17) is 4.52 Å². The zero-order valence-corrected chi connectivity index (χ0v) is 16.3. The fourth-order valence-corrected chi connectivity index (χ4v) is 3.66. The first-order valence-electron chi connectivity index (χ1n) is 9.90. The lowest BCUT2D eigenvalue weighted by Crippen LogP contribution is -2.39. The highest BCUT2D eigenvalue weighted by Gasteiger charge is 2.29. The van der Waals surface area contributed by atoms with Gasteiger partial charge in [-0.25, -0.2) is 0 Å². The fourth-order valence-electron chi connectivity index (χ4n) is 3.66. The number of carbonyl (C=O) groups is 1. The molecule has 1 amide bonds. The summed E-state index contributed by atoms with van der Waals surface area (Å²) in [5, 5.41) is 4.17. The summed E-state index contributed by atoms with van der Waals surface area (Å²) in [6, 6.07) is 17.7. The van der Waals surface area contributed by atoms with Gasteiger partial charge in [0, 0.05) is 24.2 Å². The molecule has 28 heavy (non-hydrogen) atoms. The minimum Gasteiger partial charge on any atom is -0.339 e. The molecule has 3 aromatic rings. The van der Waals surface area contributed by atoms with Gasteiger partial charge in [-0.1, -0.05) is 61.5 Å². The zero-order chi connectivity index (χ0) is 19.5. The third-order valence-electron chi connectivity index (χ3n) is 5.36. The molecular formula is C23H25N3O2. The molecule has 0 spiro atoms.